The summed E-state index contributed by atoms with van der Waals surface area (Å²) in [6, 6.07) is 8.31. The van der Waals surface area contributed by atoms with Crippen molar-refractivity contribution >= 4 is 11.8 Å². The van der Waals surface area contributed by atoms with Gasteiger partial charge >= 0.3 is 0 Å². The van der Waals surface area contributed by atoms with Crippen molar-refractivity contribution in [3.05, 3.63) is 35.4 Å². The summed E-state index contributed by atoms with van der Waals surface area (Å²) >= 11 is 0. The highest BCUT2D eigenvalue weighted by Crippen LogP contribution is 2.42. The van der Waals surface area contributed by atoms with Crippen LogP contribution in [-0.2, 0) is 21.5 Å². The Morgan fingerprint density at radius 2 is 1.92 bits per heavy atom. The van der Waals surface area contributed by atoms with Crippen molar-refractivity contribution in [1.82, 2.24) is 15.1 Å². The molecule has 1 aliphatic carbocycles. The van der Waals surface area contributed by atoms with E-state index in [1.54, 1.807) is 0 Å². The third kappa shape index (κ3) is 3.06. The SMILES string of the molecule is CCNC(=O)C1CCN(C(=O)[C@]2(N(C)C)CCc3ccccc32)CC1. The van der Waals surface area contributed by atoms with E-state index >= 15 is 0 Å². The predicted octanol–water partition coefficient (Wildman–Crippen LogP) is 1.76. The molecule has 5 heteroatoms. The van der Waals surface area contributed by atoms with Gasteiger partial charge in [-0.2, -0.15) is 0 Å². The third-order valence-electron chi connectivity index (χ3n) is 5.84. The zero-order valence-corrected chi connectivity index (χ0v) is 15.5. The Labute approximate surface area is 150 Å². The molecule has 1 fully saturated rings. The summed E-state index contributed by atoms with van der Waals surface area (Å²) in [5, 5.41) is 2.90. The number of nitrogens with one attached hydrogen (secondary N) is 1. The van der Waals surface area contributed by atoms with Crippen molar-refractivity contribution in [2.24, 2.45) is 5.92 Å². The van der Waals surface area contributed by atoms with Crippen molar-refractivity contribution < 1.29 is 9.59 Å². The molecule has 1 aromatic rings. The molecule has 3 rings (SSSR count). The number of fused-ring (bicyclic) bond motifs is 1. The number of carbonyl (C=O) groups excluding carboxylic acids is 2. The minimum atomic E-state index is -0.560. The second-order valence-electron chi connectivity index (χ2n) is 7.37. The van der Waals surface area contributed by atoms with E-state index in [0.29, 0.717) is 19.6 Å². The van der Waals surface area contributed by atoms with Gasteiger partial charge in [-0.25, -0.2) is 0 Å². The Kier molecular flexibility index (Phi) is 5.13. The fourth-order valence-corrected chi connectivity index (χ4v) is 4.39. The van der Waals surface area contributed by atoms with Crippen molar-refractivity contribution in [3.63, 3.8) is 0 Å². The monoisotopic (exact) mass is 343 g/mol. The Bertz CT molecular complexity index is 650. The summed E-state index contributed by atoms with van der Waals surface area (Å²) in [4.78, 5) is 29.6. The molecule has 2 amide bonds. The number of amides is 2. The van der Waals surface area contributed by atoms with Crippen LogP contribution < -0.4 is 5.32 Å². The van der Waals surface area contributed by atoms with Gasteiger partial charge in [-0.15, -0.1) is 0 Å². The maximum atomic E-state index is 13.5. The highest BCUT2D eigenvalue weighted by atomic mass is 16.2. The highest BCUT2D eigenvalue weighted by molar-refractivity contribution is 5.89. The lowest BCUT2D eigenvalue weighted by Gasteiger charge is -2.42. The number of rotatable bonds is 4. The molecule has 0 saturated carbocycles. The van der Waals surface area contributed by atoms with Crippen LogP contribution in [0.1, 0.15) is 37.3 Å². The number of hydrogen-bond acceptors (Lipinski definition) is 3. The maximum Gasteiger partial charge on any atom is 0.247 e. The molecule has 1 aliphatic heterocycles. The van der Waals surface area contributed by atoms with Crippen LogP contribution >= 0.6 is 0 Å². The van der Waals surface area contributed by atoms with E-state index in [4.69, 9.17) is 0 Å². The maximum absolute atomic E-state index is 13.5. The van der Waals surface area contributed by atoms with Crippen molar-refractivity contribution in [2.75, 3.05) is 33.7 Å². The standard InChI is InChI=1S/C20H29N3O2/c1-4-21-18(24)16-10-13-23(14-11-16)19(25)20(22(2)3)12-9-15-7-5-6-8-17(15)20/h5-8,16H,4,9-14H2,1-3H3,(H,21,24)/t20-/m0/s1. The van der Waals surface area contributed by atoms with E-state index in [1.807, 2.05) is 38.1 Å². The molecule has 1 aromatic carbocycles. The number of likely N-dealkylation sites (N-methyl/N-ethyl adjacent to an activating group) is 1. The van der Waals surface area contributed by atoms with Crippen LogP contribution in [0.15, 0.2) is 24.3 Å². The molecule has 1 heterocycles. The Morgan fingerprint density at radius 1 is 1.24 bits per heavy atom. The van der Waals surface area contributed by atoms with Gasteiger partial charge in [0.05, 0.1) is 0 Å². The van der Waals surface area contributed by atoms with Crippen LogP contribution in [0.25, 0.3) is 0 Å². The summed E-state index contributed by atoms with van der Waals surface area (Å²) in [5.74, 6) is 0.357. The van der Waals surface area contributed by atoms with Crippen LogP contribution in [0.5, 0.6) is 0 Å². The first kappa shape index (κ1) is 17.9. The van der Waals surface area contributed by atoms with E-state index in [0.717, 1.165) is 31.2 Å². The van der Waals surface area contributed by atoms with E-state index < -0.39 is 5.54 Å². The van der Waals surface area contributed by atoms with Crippen LogP contribution in [0.4, 0.5) is 0 Å². The van der Waals surface area contributed by atoms with Crippen molar-refractivity contribution in [1.29, 1.82) is 0 Å². The molecule has 1 saturated heterocycles. The lowest BCUT2D eigenvalue weighted by atomic mass is 9.87. The lowest BCUT2D eigenvalue weighted by molar-refractivity contribution is -0.146. The van der Waals surface area contributed by atoms with Gasteiger partial charge in [-0.3, -0.25) is 14.5 Å². The van der Waals surface area contributed by atoms with Gasteiger partial charge in [0.25, 0.3) is 0 Å². The lowest BCUT2D eigenvalue weighted by Crippen LogP contribution is -2.56. The molecule has 0 bridgehead atoms. The first-order valence-corrected chi connectivity index (χ1v) is 9.33. The summed E-state index contributed by atoms with van der Waals surface area (Å²) in [7, 11) is 4.00. The largest absolute Gasteiger partial charge is 0.356 e. The van der Waals surface area contributed by atoms with Crippen LogP contribution in [-0.4, -0.2) is 55.3 Å². The molecule has 1 atom stereocenters. The van der Waals surface area contributed by atoms with Gasteiger partial charge in [0.15, 0.2) is 0 Å². The number of benzene rings is 1. The number of hydrogen-bond donors (Lipinski definition) is 1. The van der Waals surface area contributed by atoms with E-state index in [1.165, 1.54) is 5.56 Å². The molecule has 5 nitrogen and oxygen atoms in total. The van der Waals surface area contributed by atoms with E-state index in [-0.39, 0.29) is 17.7 Å². The Hall–Kier alpha value is -1.88. The van der Waals surface area contributed by atoms with Crippen LogP contribution in [0.2, 0.25) is 0 Å². The second kappa shape index (κ2) is 7.16. The van der Waals surface area contributed by atoms with Crippen molar-refractivity contribution in [3.8, 4) is 0 Å². The fourth-order valence-electron chi connectivity index (χ4n) is 4.39. The summed E-state index contributed by atoms with van der Waals surface area (Å²) in [5.41, 5.74) is 1.87. The Balaban J connectivity index is 1.77. The normalized spacial score (nSPS) is 23.6. The fraction of sp³-hybridized carbons (Fsp3) is 0.600. The summed E-state index contributed by atoms with van der Waals surface area (Å²) in [6.45, 7) is 3.93. The topological polar surface area (TPSA) is 52.7 Å². The molecule has 0 spiro atoms. The first-order chi connectivity index (χ1) is 12.0. The molecule has 25 heavy (non-hydrogen) atoms. The average Bonchev–Trinajstić information content (AvgIpc) is 3.02. The number of piperidine rings is 1. The van der Waals surface area contributed by atoms with Gasteiger partial charge in [-0.1, -0.05) is 24.3 Å². The second-order valence-corrected chi connectivity index (χ2v) is 7.37. The smallest absolute Gasteiger partial charge is 0.247 e. The van der Waals surface area contributed by atoms with Crippen molar-refractivity contribution in [2.45, 2.75) is 38.1 Å². The minimum Gasteiger partial charge on any atom is -0.356 e. The number of carbonyl (C=O) groups is 2. The molecule has 0 aromatic heterocycles. The number of likely N-dealkylation sites (tertiary alicyclic amines) is 1. The van der Waals surface area contributed by atoms with Gasteiger partial charge in [0, 0.05) is 25.6 Å². The molecule has 1 N–H and O–H groups in total. The first-order valence-electron chi connectivity index (χ1n) is 9.33. The van der Waals surface area contributed by atoms with Crippen LogP contribution in [0, 0.1) is 5.92 Å². The predicted molar refractivity (Wildman–Crippen MR) is 98.1 cm³/mol. The quantitative estimate of drug-likeness (QED) is 0.906. The molecular formula is C20H29N3O2. The summed E-state index contributed by atoms with van der Waals surface area (Å²) < 4.78 is 0. The molecule has 2 aliphatic rings. The molecule has 0 radical (unpaired) electrons. The third-order valence-corrected chi connectivity index (χ3v) is 5.84. The zero-order chi connectivity index (χ0) is 18.0. The van der Waals surface area contributed by atoms with Gasteiger partial charge in [-0.05, 0) is 57.8 Å². The molecule has 0 unspecified atom stereocenters. The summed E-state index contributed by atoms with van der Waals surface area (Å²) in [6.07, 6.45) is 3.27. The van der Waals surface area contributed by atoms with Gasteiger partial charge in [0.2, 0.25) is 11.8 Å². The van der Waals surface area contributed by atoms with Gasteiger partial charge < -0.3 is 10.2 Å². The van der Waals surface area contributed by atoms with Crippen LogP contribution in [0.3, 0.4) is 0 Å². The number of nitrogens with zero attached hydrogens (tertiary/aromatic N) is 2. The van der Waals surface area contributed by atoms with Gasteiger partial charge in [0.1, 0.15) is 5.54 Å². The molecule has 136 valence electrons. The molecular weight excluding hydrogens is 314 g/mol. The minimum absolute atomic E-state index is 0.0372. The zero-order valence-electron chi connectivity index (χ0n) is 15.5. The van der Waals surface area contributed by atoms with E-state index in [2.05, 4.69) is 22.3 Å². The Morgan fingerprint density at radius 3 is 2.56 bits per heavy atom. The number of aryl methyl sites for hydroxylation is 1. The highest BCUT2D eigenvalue weighted by Gasteiger charge is 2.49. The average molecular weight is 343 g/mol. The van der Waals surface area contributed by atoms with E-state index in [9.17, 15) is 9.59 Å².